The summed E-state index contributed by atoms with van der Waals surface area (Å²) < 4.78 is 0. The zero-order valence-electron chi connectivity index (χ0n) is 13.0. The zero-order chi connectivity index (χ0) is 16.9. The summed E-state index contributed by atoms with van der Waals surface area (Å²) in [5.41, 5.74) is 3.12. The van der Waals surface area contributed by atoms with Crippen LogP contribution in [-0.2, 0) is 0 Å². The molecule has 0 aliphatic rings. The summed E-state index contributed by atoms with van der Waals surface area (Å²) in [6.07, 6.45) is 3.63. The second kappa shape index (κ2) is 7.51. The molecule has 0 radical (unpaired) electrons. The zero-order valence-corrected chi connectivity index (χ0v) is 14.6. The topological polar surface area (TPSA) is 42.0 Å². The first-order valence-corrected chi connectivity index (χ1v) is 8.94. The number of carbonyl (C=O) groups is 1. The maximum Gasteiger partial charge on any atom is 0.257 e. The normalized spacial score (nSPS) is 10.4. The summed E-state index contributed by atoms with van der Waals surface area (Å²) in [7, 11) is 0. The molecule has 0 aliphatic heterocycles. The third-order valence-corrected chi connectivity index (χ3v) is 4.56. The average Bonchev–Trinajstić information content (AvgIpc) is 2.63. The summed E-state index contributed by atoms with van der Waals surface area (Å²) in [5.74, 6) is -0.200. The van der Waals surface area contributed by atoms with E-state index >= 15 is 0 Å². The number of anilines is 1. The van der Waals surface area contributed by atoms with Gasteiger partial charge in [-0.05, 0) is 48.7 Å². The molecule has 1 aromatic heterocycles. The molecule has 1 amide bonds. The van der Waals surface area contributed by atoms with Crippen molar-refractivity contribution in [2.24, 2.45) is 0 Å². The lowest BCUT2D eigenvalue weighted by atomic mass is 10.1. The maximum absolute atomic E-state index is 12.3. The molecule has 120 valence electrons. The van der Waals surface area contributed by atoms with Crippen LogP contribution in [0.1, 0.15) is 10.4 Å². The van der Waals surface area contributed by atoms with Gasteiger partial charge in [0.05, 0.1) is 11.3 Å². The second-order valence-electron chi connectivity index (χ2n) is 5.09. The van der Waals surface area contributed by atoms with Crippen molar-refractivity contribution in [3.05, 3.63) is 77.4 Å². The van der Waals surface area contributed by atoms with Gasteiger partial charge in [-0.3, -0.25) is 9.78 Å². The summed E-state index contributed by atoms with van der Waals surface area (Å²) >= 11 is 7.51. The third kappa shape index (κ3) is 3.78. The number of amides is 1. The summed E-state index contributed by atoms with van der Waals surface area (Å²) in [5, 5.41) is 3.46. The summed E-state index contributed by atoms with van der Waals surface area (Å²) in [6, 6.07) is 18.7. The predicted molar refractivity (Wildman–Crippen MR) is 101 cm³/mol. The Kier molecular flexibility index (Phi) is 5.18. The molecule has 0 aliphatic carbocycles. The Morgan fingerprint density at radius 3 is 2.46 bits per heavy atom. The highest BCUT2D eigenvalue weighted by molar-refractivity contribution is 7.98. The van der Waals surface area contributed by atoms with Crippen molar-refractivity contribution in [2.45, 2.75) is 4.90 Å². The molecule has 24 heavy (non-hydrogen) atoms. The number of thioether (sulfide) groups is 1. The number of hydrogen-bond acceptors (Lipinski definition) is 3. The lowest BCUT2D eigenvalue weighted by Gasteiger charge is -2.08. The van der Waals surface area contributed by atoms with E-state index in [0.717, 1.165) is 16.2 Å². The fourth-order valence-corrected chi connectivity index (χ4v) is 3.01. The van der Waals surface area contributed by atoms with Crippen LogP contribution < -0.4 is 5.32 Å². The fraction of sp³-hybridized carbons (Fsp3) is 0.0526. The first kappa shape index (κ1) is 16.6. The number of benzene rings is 2. The number of nitrogens with one attached hydrogen (secondary N) is 1. The van der Waals surface area contributed by atoms with Gasteiger partial charge in [-0.1, -0.05) is 29.8 Å². The van der Waals surface area contributed by atoms with Crippen molar-refractivity contribution in [3.8, 4) is 11.3 Å². The van der Waals surface area contributed by atoms with Gasteiger partial charge in [-0.15, -0.1) is 11.8 Å². The van der Waals surface area contributed by atoms with Gasteiger partial charge in [-0.25, -0.2) is 0 Å². The highest BCUT2D eigenvalue weighted by Gasteiger charge is 2.09. The van der Waals surface area contributed by atoms with Crippen molar-refractivity contribution < 1.29 is 4.79 Å². The molecular formula is C19H15ClN2OS. The smallest absolute Gasteiger partial charge is 0.257 e. The Labute approximate surface area is 150 Å². The van der Waals surface area contributed by atoms with Crippen LogP contribution in [0, 0.1) is 0 Å². The highest BCUT2D eigenvalue weighted by atomic mass is 35.5. The predicted octanol–water partition coefficient (Wildman–Crippen LogP) is 5.38. The Morgan fingerprint density at radius 1 is 1.04 bits per heavy atom. The molecule has 1 N–H and O–H groups in total. The van der Waals surface area contributed by atoms with Gasteiger partial charge in [0.15, 0.2) is 0 Å². The molecule has 3 rings (SSSR count). The highest BCUT2D eigenvalue weighted by Crippen LogP contribution is 2.28. The van der Waals surface area contributed by atoms with Crippen LogP contribution in [0.15, 0.2) is 71.8 Å². The Balaban J connectivity index is 1.79. The monoisotopic (exact) mass is 354 g/mol. The minimum Gasteiger partial charge on any atom is -0.322 e. The number of halogens is 1. The van der Waals surface area contributed by atoms with E-state index in [1.165, 1.54) is 0 Å². The molecule has 0 spiro atoms. The molecule has 2 aromatic carbocycles. The Bertz CT molecular complexity index is 848. The van der Waals surface area contributed by atoms with Crippen molar-refractivity contribution in [2.75, 3.05) is 11.6 Å². The van der Waals surface area contributed by atoms with Crippen molar-refractivity contribution in [1.29, 1.82) is 0 Å². The van der Waals surface area contributed by atoms with Crippen LogP contribution in [-0.4, -0.2) is 17.1 Å². The van der Waals surface area contributed by atoms with Crippen LogP contribution in [0.5, 0.6) is 0 Å². The number of rotatable bonds is 4. The fourth-order valence-electron chi connectivity index (χ4n) is 2.28. The first-order chi connectivity index (χ1) is 11.7. The van der Waals surface area contributed by atoms with Gasteiger partial charge in [-0.2, -0.15) is 0 Å². The lowest BCUT2D eigenvalue weighted by molar-refractivity contribution is 0.102. The molecule has 0 saturated carbocycles. The number of hydrogen-bond donors (Lipinski definition) is 1. The Morgan fingerprint density at radius 2 is 1.79 bits per heavy atom. The minimum absolute atomic E-state index is 0.200. The van der Waals surface area contributed by atoms with Crippen LogP contribution in [0.4, 0.5) is 5.69 Å². The third-order valence-electron chi connectivity index (χ3n) is 3.51. The number of carbonyl (C=O) groups excluding carboxylic acids is 1. The van der Waals surface area contributed by atoms with Crippen LogP contribution >= 0.6 is 23.4 Å². The van der Waals surface area contributed by atoms with Crippen molar-refractivity contribution in [1.82, 2.24) is 4.98 Å². The molecule has 0 atom stereocenters. The number of pyridine rings is 1. The summed E-state index contributed by atoms with van der Waals surface area (Å²) in [4.78, 5) is 17.9. The van der Waals surface area contributed by atoms with E-state index in [4.69, 9.17) is 11.6 Å². The first-order valence-electron chi connectivity index (χ1n) is 7.34. The molecular weight excluding hydrogens is 340 g/mol. The minimum atomic E-state index is -0.200. The van der Waals surface area contributed by atoms with Crippen molar-refractivity contribution in [3.63, 3.8) is 0 Å². The van der Waals surface area contributed by atoms with E-state index in [0.29, 0.717) is 16.3 Å². The average molecular weight is 355 g/mol. The van der Waals surface area contributed by atoms with E-state index in [-0.39, 0.29) is 5.91 Å². The summed E-state index contributed by atoms with van der Waals surface area (Å²) in [6.45, 7) is 0. The quantitative estimate of drug-likeness (QED) is 0.640. The van der Waals surface area contributed by atoms with Crippen molar-refractivity contribution >= 4 is 35.0 Å². The molecule has 0 saturated heterocycles. The second-order valence-corrected chi connectivity index (χ2v) is 6.38. The molecule has 1 heterocycles. The van der Waals surface area contributed by atoms with E-state index in [1.807, 2.05) is 30.5 Å². The molecule has 0 unspecified atom stereocenters. The van der Waals surface area contributed by atoms with Gasteiger partial charge in [0.1, 0.15) is 0 Å². The molecule has 0 bridgehead atoms. The standard InChI is InChI=1S/C19H15ClN2OS/c1-24-18-5-3-2-4-16(18)17-11-6-13(12-21-17)19(23)22-15-9-7-14(20)8-10-15/h2-12H,1H3,(H,22,23). The molecule has 3 aromatic rings. The van der Waals surface area contributed by atoms with E-state index in [9.17, 15) is 4.79 Å². The number of aromatic nitrogens is 1. The van der Waals surface area contributed by atoms with Gasteiger partial charge in [0.25, 0.3) is 5.91 Å². The largest absolute Gasteiger partial charge is 0.322 e. The van der Waals surface area contributed by atoms with E-state index in [2.05, 4.69) is 16.4 Å². The van der Waals surface area contributed by atoms with Crippen LogP contribution in [0.25, 0.3) is 11.3 Å². The maximum atomic E-state index is 12.3. The Hall–Kier alpha value is -2.30. The van der Waals surface area contributed by atoms with Gasteiger partial charge < -0.3 is 5.32 Å². The molecule has 3 nitrogen and oxygen atoms in total. The van der Waals surface area contributed by atoms with Gasteiger partial charge >= 0.3 is 0 Å². The lowest BCUT2D eigenvalue weighted by Crippen LogP contribution is -2.12. The number of nitrogens with zero attached hydrogens (tertiary/aromatic N) is 1. The van der Waals surface area contributed by atoms with Gasteiger partial charge in [0.2, 0.25) is 0 Å². The van der Waals surface area contributed by atoms with Crippen LogP contribution in [0.2, 0.25) is 5.02 Å². The van der Waals surface area contributed by atoms with Crippen LogP contribution in [0.3, 0.4) is 0 Å². The van der Waals surface area contributed by atoms with E-state index < -0.39 is 0 Å². The molecule has 5 heteroatoms. The van der Waals surface area contributed by atoms with E-state index in [1.54, 1.807) is 48.3 Å². The SMILES string of the molecule is CSc1ccccc1-c1ccc(C(=O)Nc2ccc(Cl)cc2)cn1. The molecule has 0 fully saturated rings. The van der Waals surface area contributed by atoms with Gasteiger partial charge in [0, 0.05) is 27.4 Å².